The highest BCUT2D eigenvalue weighted by Gasteiger charge is 2.32. The number of ketones is 1. The standard InChI is InChI=1S/C19H24N4O2/c1-22-18-16(3-2-10-20-18)17(21-22)13-8-11-23(12-9-13)19(25)14-4-6-15(24)7-5-14/h2-3,10,13-14H,4-9,11-12H2,1H3. The molecule has 1 saturated carbocycles. The van der Waals surface area contributed by atoms with Crippen LogP contribution in [-0.2, 0) is 16.6 Å². The van der Waals surface area contributed by atoms with Gasteiger partial charge in [0.15, 0.2) is 5.65 Å². The SMILES string of the molecule is Cn1nc(C2CCN(C(=O)C3CCC(=O)CC3)CC2)c2cccnc21. The lowest BCUT2D eigenvalue weighted by Gasteiger charge is -2.34. The number of hydrogen-bond donors (Lipinski definition) is 0. The average molecular weight is 340 g/mol. The maximum Gasteiger partial charge on any atom is 0.225 e. The van der Waals surface area contributed by atoms with Crippen molar-refractivity contribution in [3.63, 3.8) is 0 Å². The first-order chi connectivity index (χ1) is 12.1. The van der Waals surface area contributed by atoms with Gasteiger partial charge in [-0.05, 0) is 37.8 Å². The molecule has 0 aromatic carbocycles. The molecule has 0 radical (unpaired) electrons. The summed E-state index contributed by atoms with van der Waals surface area (Å²) in [6.07, 6.45) is 6.28. The number of amides is 1. The molecule has 0 unspecified atom stereocenters. The van der Waals surface area contributed by atoms with Crippen LogP contribution in [0, 0.1) is 5.92 Å². The van der Waals surface area contributed by atoms with Crippen molar-refractivity contribution in [1.82, 2.24) is 19.7 Å². The Labute approximate surface area is 147 Å². The zero-order valence-corrected chi connectivity index (χ0v) is 14.6. The van der Waals surface area contributed by atoms with Gasteiger partial charge in [0.1, 0.15) is 5.78 Å². The summed E-state index contributed by atoms with van der Waals surface area (Å²) in [7, 11) is 1.93. The van der Waals surface area contributed by atoms with Crippen molar-refractivity contribution in [3.05, 3.63) is 24.0 Å². The van der Waals surface area contributed by atoms with E-state index in [0.717, 1.165) is 55.5 Å². The Kier molecular flexibility index (Phi) is 4.27. The predicted octanol–water partition coefficient (Wildman–Crippen LogP) is 2.43. The monoisotopic (exact) mass is 340 g/mol. The molecular weight excluding hydrogens is 316 g/mol. The van der Waals surface area contributed by atoms with Gasteiger partial charge in [0.2, 0.25) is 5.91 Å². The minimum Gasteiger partial charge on any atom is -0.342 e. The molecule has 1 saturated heterocycles. The molecule has 2 aromatic heterocycles. The Morgan fingerprint density at radius 3 is 2.60 bits per heavy atom. The lowest BCUT2D eigenvalue weighted by molar-refractivity contribution is -0.138. The maximum atomic E-state index is 12.7. The fraction of sp³-hybridized carbons (Fsp3) is 0.579. The molecule has 4 rings (SSSR count). The number of carbonyl (C=O) groups excluding carboxylic acids is 2. The van der Waals surface area contributed by atoms with Crippen molar-refractivity contribution < 1.29 is 9.59 Å². The molecule has 6 heteroatoms. The number of aryl methyl sites for hydroxylation is 1. The van der Waals surface area contributed by atoms with Crippen LogP contribution in [0.1, 0.15) is 50.1 Å². The summed E-state index contributed by atoms with van der Waals surface area (Å²) in [4.78, 5) is 30.5. The van der Waals surface area contributed by atoms with E-state index in [0.29, 0.717) is 24.5 Å². The third-order valence-electron chi connectivity index (χ3n) is 5.71. The summed E-state index contributed by atoms with van der Waals surface area (Å²) in [5.74, 6) is 0.982. The first kappa shape index (κ1) is 16.2. The van der Waals surface area contributed by atoms with E-state index in [2.05, 4.69) is 11.1 Å². The van der Waals surface area contributed by atoms with Gasteiger partial charge >= 0.3 is 0 Å². The zero-order chi connectivity index (χ0) is 17.4. The highest BCUT2D eigenvalue weighted by atomic mass is 16.2. The summed E-state index contributed by atoms with van der Waals surface area (Å²) >= 11 is 0. The number of likely N-dealkylation sites (tertiary alicyclic amines) is 1. The summed E-state index contributed by atoms with van der Waals surface area (Å²) in [6, 6.07) is 4.04. The average Bonchev–Trinajstić information content (AvgIpc) is 2.99. The minimum atomic E-state index is 0.0501. The number of pyridine rings is 1. The molecule has 1 aliphatic carbocycles. The van der Waals surface area contributed by atoms with Crippen molar-refractivity contribution in [2.75, 3.05) is 13.1 Å². The molecule has 0 atom stereocenters. The van der Waals surface area contributed by atoms with Gasteiger partial charge in [-0.15, -0.1) is 0 Å². The van der Waals surface area contributed by atoms with Crippen LogP contribution in [0.25, 0.3) is 11.0 Å². The molecule has 2 aromatic rings. The summed E-state index contributed by atoms with van der Waals surface area (Å²) < 4.78 is 1.85. The van der Waals surface area contributed by atoms with Crippen LogP contribution in [0.3, 0.4) is 0 Å². The van der Waals surface area contributed by atoms with E-state index >= 15 is 0 Å². The normalized spacial score (nSPS) is 20.4. The molecule has 1 amide bonds. The van der Waals surface area contributed by atoms with E-state index in [1.807, 2.05) is 22.7 Å². The molecule has 3 heterocycles. The largest absolute Gasteiger partial charge is 0.342 e. The third kappa shape index (κ3) is 3.05. The number of piperidine rings is 1. The fourth-order valence-electron chi connectivity index (χ4n) is 4.24. The first-order valence-electron chi connectivity index (χ1n) is 9.21. The number of hydrogen-bond acceptors (Lipinski definition) is 4. The Balaban J connectivity index is 1.42. The smallest absolute Gasteiger partial charge is 0.225 e. The van der Waals surface area contributed by atoms with Crippen LogP contribution in [0.2, 0.25) is 0 Å². The second kappa shape index (κ2) is 6.58. The first-order valence-corrected chi connectivity index (χ1v) is 9.21. The molecule has 2 fully saturated rings. The van der Waals surface area contributed by atoms with E-state index in [4.69, 9.17) is 5.10 Å². The van der Waals surface area contributed by atoms with Gasteiger partial charge in [0.05, 0.1) is 5.69 Å². The molecule has 0 spiro atoms. The highest BCUT2D eigenvalue weighted by molar-refractivity contribution is 5.84. The number of carbonyl (C=O) groups is 2. The van der Waals surface area contributed by atoms with Crippen LogP contribution < -0.4 is 0 Å². The van der Waals surface area contributed by atoms with E-state index in [1.54, 1.807) is 6.20 Å². The minimum absolute atomic E-state index is 0.0501. The molecule has 6 nitrogen and oxygen atoms in total. The molecule has 0 bridgehead atoms. The molecule has 1 aliphatic heterocycles. The van der Waals surface area contributed by atoms with Gasteiger partial charge in [0, 0.05) is 56.4 Å². The van der Waals surface area contributed by atoms with Crippen molar-refractivity contribution in [2.24, 2.45) is 13.0 Å². The molecular formula is C19H24N4O2. The van der Waals surface area contributed by atoms with Crippen molar-refractivity contribution in [2.45, 2.75) is 44.4 Å². The van der Waals surface area contributed by atoms with Crippen LogP contribution in [0.15, 0.2) is 18.3 Å². The predicted molar refractivity (Wildman–Crippen MR) is 94.0 cm³/mol. The van der Waals surface area contributed by atoms with Crippen LogP contribution in [0.5, 0.6) is 0 Å². The van der Waals surface area contributed by atoms with Gasteiger partial charge in [-0.2, -0.15) is 5.10 Å². The summed E-state index contributed by atoms with van der Waals surface area (Å²) in [5, 5.41) is 5.82. The Hall–Kier alpha value is -2.24. The zero-order valence-electron chi connectivity index (χ0n) is 14.6. The number of rotatable bonds is 2. The number of aromatic nitrogens is 3. The third-order valence-corrected chi connectivity index (χ3v) is 5.71. The van der Waals surface area contributed by atoms with Crippen molar-refractivity contribution in [3.8, 4) is 0 Å². The topological polar surface area (TPSA) is 68.1 Å². The van der Waals surface area contributed by atoms with Crippen molar-refractivity contribution >= 4 is 22.7 Å². The van der Waals surface area contributed by atoms with Crippen LogP contribution in [0.4, 0.5) is 0 Å². The van der Waals surface area contributed by atoms with Crippen LogP contribution >= 0.6 is 0 Å². The number of Topliss-reactive ketones (excluding diaryl/α,β-unsaturated/α-hetero) is 1. The second-order valence-corrected chi connectivity index (χ2v) is 7.30. The Morgan fingerprint density at radius 2 is 1.88 bits per heavy atom. The lowest BCUT2D eigenvalue weighted by Crippen LogP contribution is -2.42. The second-order valence-electron chi connectivity index (χ2n) is 7.30. The Bertz CT molecular complexity index is 795. The lowest BCUT2D eigenvalue weighted by atomic mass is 9.86. The quantitative estimate of drug-likeness (QED) is 0.842. The van der Waals surface area contributed by atoms with E-state index in [-0.39, 0.29) is 11.8 Å². The summed E-state index contributed by atoms with van der Waals surface area (Å²) in [6.45, 7) is 1.57. The fourth-order valence-corrected chi connectivity index (χ4v) is 4.24. The Morgan fingerprint density at radius 1 is 1.16 bits per heavy atom. The molecule has 2 aliphatic rings. The number of nitrogens with zero attached hydrogens (tertiary/aromatic N) is 4. The molecule has 25 heavy (non-hydrogen) atoms. The van der Waals surface area contributed by atoms with Gasteiger partial charge in [-0.3, -0.25) is 14.3 Å². The van der Waals surface area contributed by atoms with Gasteiger partial charge in [-0.1, -0.05) is 0 Å². The van der Waals surface area contributed by atoms with E-state index in [9.17, 15) is 9.59 Å². The van der Waals surface area contributed by atoms with Gasteiger partial charge in [-0.25, -0.2) is 4.98 Å². The van der Waals surface area contributed by atoms with Gasteiger partial charge < -0.3 is 4.90 Å². The maximum absolute atomic E-state index is 12.7. The summed E-state index contributed by atoms with van der Waals surface area (Å²) in [5.41, 5.74) is 2.03. The highest BCUT2D eigenvalue weighted by Crippen LogP contribution is 2.33. The van der Waals surface area contributed by atoms with Crippen molar-refractivity contribution in [1.29, 1.82) is 0 Å². The van der Waals surface area contributed by atoms with E-state index in [1.165, 1.54) is 0 Å². The molecule has 0 N–H and O–H groups in total. The molecule has 132 valence electrons. The number of fused-ring (bicyclic) bond motifs is 1. The van der Waals surface area contributed by atoms with E-state index < -0.39 is 0 Å². The van der Waals surface area contributed by atoms with Crippen LogP contribution in [-0.4, -0.2) is 44.4 Å². The van der Waals surface area contributed by atoms with Gasteiger partial charge in [0.25, 0.3) is 0 Å².